The highest BCUT2D eigenvalue weighted by Gasteiger charge is 2.31. The van der Waals surface area contributed by atoms with Crippen molar-refractivity contribution in [2.75, 3.05) is 0 Å². The molecule has 0 saturated heterocycles. The van der Waals surface area contributed by atoms with E-state index in [1.54, 1.807) is 6.92 Å². The molecule has 1 aromatic carbocycles. The van der Waals surface area contributed by atoms with Crippen molar-refractivity contribution in [1.29, 1.82) is 0 Å². The predicted molar refractivity (Wildman–Crippen MR) is 67.5 cm³/mol. The van der Waals surface area contributed by atoms with E-state index in [9.17, 15) is 22.8 Å². The fourth-order valence-corrected chi connectivity index (χ4v) is 2.11. The van der Waals surface area contributed by atoms with Crippen LogP contribution in [0.3, 0.4) is 0 Å². The Labute approximate surface area is 117 Å². The van der Waals surface area contributed by atoms with E-state index in [1.165, 1.54) is 18.2 Å². The van der Waals surface area contributed by atoms with Gasteiger partial charge in [-0.15, -0.1) is 0 Å². The van der Waals surface area contributed by atoms with Gasteiger partial charge < -0.3 is 10.4 Å². The third kappa shape index (κ3) is 4.76. The van der Waals surface area contributed by atoms with Crippen molar-refractivity contribution in [3.8, 4) is 0 Å². The standard InChI is InChI=1S/C12H12F3NO3S/c1-2-8(11(18)19)16-10(17)7-5-3-4-6-9(7)20-12(13,14)15/h3-6,8H,2H2,1H3,(H,16,17)(H,18,19)/t8-/m1/s1. The Morgan fingerprint density at radius 3 is 2.45 bits per heavy atom. The minimum atomic E-state index is -4.52. The van der Waals surface area contributed by atoms with E-state index in [1.807, 2.05) is 0 Å². The molecule has 4 nitrogen and oxygen atoms in total. The molecule has 0 heterocycles. The van der Waals surface area contributed by atoms with Crippen molar-refractivity contribution in [3.63, 3.8) is 0 Å². The van der Waals surface area contributed by atoms with Crippen LogP contribution in [0.4, 0.5) is 13.2 Å². The lowest BCUT2D eigenvalue weighted by molar-refractivity contribution is -0.139. The van der Waals surface area contributed by atoms with E-state index in [-0.39, 0.29) is 16.9 Å². The highest BCUT2D eigenvalue weighted by molar-refractivity contribution is 8.00. The van der Waals surface area contributed by atoms with Crippen LogP contribution in [0.1, 0.15) is 23.7 Å². The topological polar surface area (TPSA) is 66.4 Å². The SMILES string of the molecule is CC[C@@H](NC(=O)c1ccccc1SC(F)(F)F)C(=O)O. The molecule has 8 heteroatoms. The molecule has 2 N–H and O–H groups in total. The smallest absolute Gasteiger partial charge is 0.446 e. The number of carboxylic acid groups (broad SMARTS) is 1. The number of hydrogen-bond acceptors (Lipinski definition) is 3. The number of alkyl halides is 3. The predicted octanol–water partition coefficient (Wildman–Crippen LogP) is 2.89. The number of hydrogen-bond donors (Lipinski definition) is 2. The molecule has 0 bridgehead atoms. The highest BCUT2D eigenvalue weighted by Crippen LogP contribution is 2.38. The number of nitrogens with one attached hydrogen (secondary N) is 1. The molecule has 0 fully saturated rings. The number of aliphatic carboxylic acids is 1. The summed E-state index contributed by atoms with van der Waals surface area (Å²) in [6.07, 6.45) is 0.135. The average Bonchev–Trinajstić information content (AvgIpc) is 2.34. The molecule has 1 amide bonds. The molecule has 0 spiro atoms. The summed E-state index contributed by atoms with van der Waals surface area (Å²) in [7, 11) is 0. The van der Waals surface area contributed by atoms with Crippen molar-refractivity contribution < 1.29 is 27.9 Å². The number of benzene rings is 1. The number of amides is 1. The number of carboxylic acids is 1. The lowest BCUT2D eigenvalue weighted by Gasteiger charge is -2.14. The quantitative estimate of drug-likeness (QED) is 0.821. The summed E-state index contributed by atoms with van der Waals surface area (Å²) in [6.45, 7) is 1.55. The molecule has 20 heavy (non-hydrogen) atoms. The number of halogens is 3. The van der Waals surface area contributed by atoms with Gasteiger partial charge in [-0.25, -0.2) is 4.79 Å². The van der Waals surface area contributed by atoms with Gasteiger partial charge >= 0.3 is 11.5 Å². The van der Waals surface area contributed by atoms with Gasteiger partial charge in [0.15, 0.2) is 0 Å². The molecule has 0 aromatic heterocycles. The van der Waals surface area contributed by atoms with E-state index in [2.05, 4.69) is 5.32 Å². The molecule has 0 aliphatic carbocycles. The minimum Gasteiger partial charge on any atom is -0.480 e. The van der Waals surface area contributed by atoms with Crippen molar-refractivity contribution in [3.05, 3.63) is 29.8 Å². The van der Waals surface area contributed by atoms with E-state index in [0.717, 1.165) is 6.07 Å². The van der Waals surface area contributed by atoms with Gasteiger partial charge in [0, 0.05) is 4.90 Å². The zero-order valence-electron chi connectivity index (χ0n) is 10.4. The van der Waals surface area contributed by atoms with E-state index >= 15 is 0 Å². The monoisotopic (exact) mass is 307 g/mol. The Morgan fingerprint density at radius 2 is 1.95 bits per heavy atom. The lowest BCUT2D eigenvalue weighted by atomic mass is 10.1. The zero-order chi connectivity index (χ0) is 15.3. The average molecular weight is 307 g/mol. The summed E-state index contributed by atoms with van der Waals surface area (Å²) in [5, 5.41) is 11.0. The zero-order valence-corrected chi connectivity index (χ0v) is 11.2. The van der Waals surface area contributed by atoms with Crippen LogP contribution in [0.15, 0.2) is 29.2 Å². The fourth-order valence-electron chi connectivity index (χ4n) is 1.44. The van der Waals surface area contributed by atoms with Crippen LogP contribution in [-0.4, -0.2) is 28.5 Å². The third-order valence-electron chi connectivity index (χ3n) is 2.37. The number of thioether (sulfide) groups is 1. The van der Waals surface area contributed by atoms with E-state index in [0.29, 0.717) is 0 Å². The van der Waals surface area contributed by atoms with Gasteiger partial charge in [0.1, 0.15) is 6.04 Å². The Bertz CT molecular complexity index is 505. The summed E-state index contributed by atoms with van der Waals surface area (Å²) in [5.74, 6) is -2.08. The van der Waals surface area contributed by atoms with Crippen LogP contribution >= 0.6 is 11.8 Å². The number of carbonyl (C=O) groups is 2. The molecular formula is C12H12F3NO3S. The Morgan fingerprint density at radius 1 is 1.35 bits per heavy atom. The van der Waals surface area contributed by atoms with Crippen LogP contribution in [-0.2, 0) is 4.79 Å². The van der Waals surface area contributed by atoms with Gasteiger partial charge in [0.25, 0.3) is 5.91 Å². The summed E-state index contributed by atoms with van der Waals surface area (Å²) in [5.41, 5.74) is -4.72. The van der Waals surface area contributed by atoms with Crippen molar-refractivity contribution >= 4 is 23.6 Å². The van der Waals surface area contributed by atoms with Crippen LogP contribution in [0, 0.1) is 0 Å². The first-order chi connectivity index (χ1) is 9.24. The van der Waals surface area contributed by atoms with Crippen LogP contribution in [0.5, 0.6) is 0 Å². The van der Waals surface area contributed by atoms with Crippen molar-refractivity contribution in [2.45, 2.75) is 29.8 Å². The molecule has 0 aliphatic heterocycles. The van der Waals surface area contributed by atoms with Gasteiger partial charge in [0.2, 0.25) is 0 Å². The maximum atomic E-state index is 12.4. The van der Waals surface area contributed by atoms with Gasteiger partial charge in [-0.05, 0) is 30.3 Å². The molecule has 0 saturated carbocycles. The molecule has 0 aliphatic rings. The Hall–Kier alpha value is -1.70. The summed E-state index contributed by atoms with van der Waals surface area (Å²) in [6, 6.07) is 4.04. The molecule has 0 radical (unpaired) electrons. The molecule has 110 valence electrons. The summed E-state index contributed by atoms with van der Waals surface area (Å²) >= 11 is -0.409. The molecule has 1 atom stereocenters. The second-order valence-corrected chi connectivity index (χ2v) is 4.92. The maximum Gasteiger partial charge on any atom is 0.446 e. The fraction of sp³-hybridized carbons (Fsp3) is 0.333. The van der Waals surface area contributed by atoms with E-state index in [4.69, 9.17) is 5.11 Å². The number of carbonyl (C=O) groups excluding carboxylic acids is 1. The third-order valence-corrected chi connectivity index (χ3v) is 3.18. The highest BCUT2D eigenvalue weighted by atomic mass is 32.2. The van der Waals surface area contributed by atoms with Crippen LogP contribution < -0.4 is 5.32 Å². The van der Waals surface area contributed by atoms with Crippen LogP contribution in [0.2, 0.25) is 0 Å². The largest absolute Gasteiger partial charge is 0.480 e. The molecule has 1 aromatic rings. The maximum absolute atomic E-state index is 12.4. The van der Waals surface area contributed by atoms with Crippen molar-refractivity contribution in [2.24, 2.45) is 0 Å². The lowest BCUT2D eigenvalue weighted by Crippen LogP contribution is -2.40. The first-order valence-corrected chi connectivity index (χ1v) is 6.44. The molecule has 0 unspecified atom stereocenters. The summed E-state index contributed by atoms with van der Waals surface area (Å²) in [4.78, 5) is 22.4. The van der Waals surface area contributed by atoms with Gasteiger partial charge in [0.05, 0.1) is 5.56 Å². The molecular weight excluding hydrogens is 295 g/mol. The first kappa shape index (κ1) is 16.4. The van der Waals surface area contributed by atoms with Crippen LogP contribution in [0.25, 0.3) is 0 Å². The first-order valence-electron chi connectivity index (χ1n) is 5.63. The van der Waals surface area contributed by atoms with Gasteiger partial charge in [-0.1, -0.05) is 19.1 Å². The number of rotatable bonds is 5. The normalized spacial score (nSPS) is 12.8. The Kier molecular flexibility index (Phi) is 5.43. The minimum absolute atomic E-state index is 0.135. The Balaban J connectivity index is 2.96. The van der Waals surface area contributed by atoms with Crippen molar-refractivity contribution in [1.82, 2.24) is 5.32 Å². The molecule has 1 rings (SSSR count). The van der Waals surface area contributed by atoms with Gasteiger partial charge in [-0.2, -0.15) is 13.2 Å². The second-order valence-electron chi connectivity index (χ2n) is 3.82. The van der Waals surface area contributed by atoms with E-state index < -0.39 is 35.2 Å². The second kappa shape index (κ2) is 6.65. The van der Waals surface area contributed by atoms with Gasteiger partial charge in [-0.3, -0.25) is 4.79 Å². The summed E-state index contributed by atoms with van der Waals surface area (Å²) < 4.78 is 37.1.